The maximum Gasteiger partial charge on any atom is 0.222 e. The van der Waals surface area contributed by atoms with E-state index in [1.54, 1.807) is 0 Å². The zero-order valence-electron chi connectivity index (χ0n) is 68.4. The molecule has 3 aliphatic carbocycles. The maximum absolute atomic E-state index is 6.27. The van der Waals surface area contributed by atoms with Crippen molar-refractivity contribution in [2.24, 2.45) is 17.8 Å². The van der Waals surface area contributed by atoms with Crippen LogP contribution in [0.1, 0.15) is 140 Å². The van der Waals surface area contributed by atoms with Crippen LogP contribution in [-0.2, 0) is 31.1 Å². The van der Waals surface area contributed by atoms with Gasteiger partial charge in [-0.3, -0.25) is 0 Å². The van der Waals surface area contributed by atoms with E-state index in [1.165, 1.54) is 53.5 Å². The first-order valence-corrected chi connectivity index (χ1v) is 41.9. The molecule has 0 saturated heterocycles. The minimum atomic E-state index is -0.0529. The summed E-state index contributed by atoms with van der Waals surface area (Å²) >= 11 is 31.1. The van der Waals surface area contributed by atoms with Gasteiger partial charge in [-0.2, -0.15) is 9.97 Å². The molecule has 2 bridgehead atoms. The highest BCUT2D eigenvalue weighted by molar-refractivity contribution is 6.33. The third-order valence-electron chi connectivity index (χ3n) is 22.2. The van der Waals surface area contributed by atoms with E-state index >= 15 is 0 Å². The molecule has 5 heterocycles. The number of aromatic nitrogens is 10. The summed E-state index contributed by atoms with van der Waals surface area (Å²) in [4.78, 5) is 43.8. The molecule has 8 aromatic carbocycles. The van der Waals surface area contributed by atoms with Crippen molar-refractivity contribution in [1.82, 2.24) is 49.8 Å². The van der Waals surface area contributed by atoms with Crippen molar-refractivity contribution in [3.8, 4) is 56.3 Å². The van der Waals surface area contributed by atoms with E-state index in [1.807, 2.05) is 169 Å². The van der Waals surface area contributed by atoms with Crippen molar-refractivity contribution in [2.45, 2.75) is 144 Å². The number of hydrogen-bond acceptors (Lipinski definition) is 17. The number of allylic oxidation sites excluding steroid dienone is 1. The molecule has 5 atom stereocenters. The topological polar surface area (TPSA) is 283 Å². The zero-order valence-corrected chi connectivity index (χ0v) is 72.2. The van der Waals surface area contributed by atoms with Crippen molar-refractivity contribution in [2.75, 3.05) is 45.8 Å². The Kier molecular flexibility index (Phi) is 28.9. The molecule has 22 heteroatoms. The maximum atomic E-state index is 6.27. The average molecular weight is 1670 g/mol. The SMILES string of the molecule is CCNc1cc(-c2cccc(Cl)c2C)nc(N)n1.Cc1c(Cl)cccc1-c1cc(CC(C)(C)c2ccccc2)nc(N)n1.Cc1c(Cl)cccc1-c1cc(CC2CC3CCC2C3)nc(N)n1.Cc1c(Cl)cccc1-c1cc(C[C@H](C)c2ccccc2)nc(N)n1.Cc1c(Cl)cccc1-c1cc(NC(C)CC2=CCc3ccccc32)nc(N)n1. The van der Waals surface area contributed by atoms with E-state index < -0.39 is 0 Å². The van der Waals surface area contributed by atoms with Gasteiger partial charge in [-0.15, -0.1) is 0 Å². The molecule has 13 aromatic rings. The number of nitrogen functional groups attached to an aromatic ring is 5. The minimum Gasteiger partial charge on any atom is -0.370 e. The Balaban J connectivity index is 0.000000136. The summed E-state index contributed by atoms with van der Waals surface area (Å²) in [6.07, 6.45) is 12.5. The predicted octanol–water partition coefficient (Wildman–Crippen LogP) is 23.5. The molecule has 4 unspecified atom stereocenters. The fourth-order valence-electron chi connectivity index (χ4n) is 16.0. The lowest BCUT2D eigenvalue weighted by Crippen LogP contribution is -2.21. The number of nitrogens with two attached hydrogens (primary N) is 5. The molecule has 0 spiro atoms. The molecule has 606 valence electrons. The minimum absolute atomic E-state index is 0.0529. The molecule has 0 radical (unpaired) electrons. The number of halogens is 5. The quantitative estimate of drug-likeness (QED) is 0.0396. The van der Waals surface area contributed by atoms with Crippen LogP contribution in [0.5, 0.6) is 0 Å². The van der Waals surface area contributed by atoms with Gasteiger partial charge in [0, 0.05) is 94.7 Å². The Labute approximate surface area is 718 Å². The predicted molar refractivity (Wildman–Crippen MR) is 493 cm³/mol. The van der Waals surface area contributed by atoms with Gasteiger partial charge in [0.15, 0.2) is 0 Å². The van der Waals surface area contributed by atoms with E-state index in [9.17, 15) is 0 Å². The van der Waals surface area contributed by atoms with Crippen molar-refractivity contribution in [1.29, 1.82) is 0 Å². The summed E-state index contributed by atoms with van der Waals surface area (Å²) in [6, 6.07) is 68.6. The van der Waals surface area contributed by atoms with Gasteiger partial charge in [-0.25, -0.2) is 39.9 Å². The summed E-state index contributed by atoms with van der Waals surface area (Å²) in [5.74, 6) is 5.87. The first-order chi connectivity index (χ1) is 56.6. The Morgan fingerprint density at radius 3 is 1.28 bits per heavy atom. The highest BCUT2D eigenvalue weighted by Crippen LogP contribution is 2.50. The number of fused-ring (bicyclic) bond motifs is 3. The molecule has 2 fully saturated rings. The van der Waals surface area contributed by atoms with Gasteiger partial charge in [-0.1, -0.05) is 237 Å². The van der Waals surface area contributed by atoms with E-state index in [4.69, 9.17) is 86.7 Å². The third kappa shape index (κ3) is 22.2. The Hall–Kier alpha value is -11.1. The third-order valence-corrected chi connectivity index (χ3v) is 24.3. The van der Waals surface area contributed by atoms with Gasteiger partial charge in [0.1, 0.15) is 11.6 Å². The fourth-order valence-corrected chi connectivity index (χ4v) is 16.9. The van der Waals surface area contributed by atoms with Gasteiger partial charge in [-0.05, 0) is 233 Å². The van der Waals surface area contributed by atoms with E-state index in [0.717, 1.165) is 189 Å². The second kappa shape index (κ2) is 39.5. The normalized spacial score (nSPS) is 14.8. The van der Waals surface area contributed by atoms with Crippen molar-refractivity contribution in [3.63, 3.8) is 0 Å². The van der Waals surface area contributed by atoms with Crippen LogP contribution in [0.25, 0.3) is 61.9 Å². The molecule has 12 N–H and O–H groups in total. The smallest absolute Gasteiger partial charge is 0.222 e. The lowest BCUT2D eigenvalue weighted by Gasteiger charge is -2.25. The largest absolute Gasteiger partial charge is 0.370 e. The lowest BCUT2D eigenvalue weighted by atomic mass is 9.80. The summed E-state index contributed by atoms with van der Waals surface area (Å²) in [5, 5.41) is 10.2. The van der Waals surface area contributed by atoms with Gasteiger partial charge < -0.3 is 39.3 Å². The Morgan fingerprint density at radius 2 is 0.814 bits per heavy atom. The number of nitrogens with zero attached hydrogens (tertiary/aromatic N) is 10. The van der Waals surface area contributed by atoms with Crippen LogP contribution in [0.3, 0.4) is 0 Å². The first kappa shape index (κ1) is 86.3. The molecule has 16 rings (SSSR count). The van der Waals surface area contributed by atoms with Crippen molar-refractivity contribution < 1.29 is 0 Å². The summed E-state index contributed by atoms with van der Waals surface area (Å²) in [6.45, 7) is 21.5. The van der Waals surface area contributed by atoms with Crippen LogP contribution in [-0.4, -0.2) is 62.4 Å². The molecule has 5 aromatic heterocycles. The van der Waals surface area contributed by atoms with Crippen LogP contribution in [0.4, 0.5) is 41.4 Å². The van der Waals surface area contributed by atoms with Gasteiger partial charge in [0.2, 0.25) is 29.7 Å². The van der Waals surface area contributed by atoms with Crippen LogP contribution in [0, 0.1) is 52.4 Å². The van der Waals surface area contributed by atoms with Crippen LogP contribution < -0.4 is 39.3 Å². The van der Waals surface area contributed by atoms with Crippen molar-refractivity contribution >= 4 is 105 Å². The molecule has 2 saturated carbocycles. The molecule has 118 heavy (non-hydrogen) atoms. The van der Waals surface area contributed by atoms with Gasteiger partial charge in [0.25, 0.3) is 0 Å². The molecule has 3 aliphatic rings. The van der Waals surface area contributed by atoms with Gasteiger partial charge in [0.05, 0.1) is 28.5 Å². The number of anilines is 7. The monoisotopic (exact) mass is 1670 g/mol. The second-order valence-electron chi connectivity index (χ2n) is 31.3. The van der Waals surface area contributed by atoms with E-state index in [-0.39, 0.29) is 29.3 Å². The number of benzene rings is 8. The Morgan fingerprint density at radius 1 is 0.415 bits per heavy atom. The van der Waals surface area contributed by atoms with E-state index in [2.05, 4.69) is 173 Å². The standard InChI is InChI=1S/C23H23ClN4.C21H22ClN3.C20H20ClN3.C19H22ClN3.C13H15ClN4/c1-14(12-17-11-10-16-6-3-4-7-19(16)17)26-22-13-21(27-23(25)28-22)18-8-5-9-20(24)15(18)2;1-14-17(10-7-11-18(14)22)19-12-16(24-20(23)25-19)13-21(2,3)15-8-5-4-6-9-15;1-13(15-7-4-3-5-8-15)11-16-12-19(24-20(22)23-16)17-9-6-10-18(21)14(17)2;1-11-16(3-2-4-17(11)20)18-10-15(22-19(21)23-18)9-14-8-12-5-6-13(14)7-12;1-3-16-12-7-11(17-13(15)18-12)9-5-4-6-10(14)8(9)2/h3-9,11,13-14H,10,12H2,1-2H3,(H3,25,26,27,28);4-12H,13H2,1-3H3,(H2,23,24,25);3-10,12-13H,11H2,1-2H3,(H2,22,23,24);2-4,10,12-14H,5-9H2,1H3,(H2,21,22,23);4-7H,3H2,1-2H3,(H3,15,16,17,18)/t;;13-;;/m..0../s1. The van der Waals surface area contributed by atoms with Crippen LogP contribution in [0.2, 0.25) is 25.1 Å². The van der Waals surface area contributed by atoms with Crippen molar-refractivity contribution in [3.05, 3.63) is 305 Å². The lowest BCUT2D eigenvalue weighted by molar-refractivity contribution is 0.329. The highest BCUT2D eigenvalue weighted by atomic mass is 35.5. The second-order valence-corrected chi connectivity index (χ2v) is 33.4. The summed E-state index contributed by atoms with van der Waals surface area (Å²) in [5.41, 5.74) is 53.2. The summed E-state index contributed by atoms with van der Waals surface area (Å²) in [7, 11) is 0. The number of nitrogens with one attached hydrogen (secondary N) is 2. The molecule has 0 amide bonds. The van der Waals surface area contributed by atoms with Crippen LogP contribution in [0.15, 0.2) is 212 Å². The zero-order chi connectivity index (χ0) is 83.9. The molecule has 17 nitrogen and oxygen atoms in total. The molecular weight excluding hydrogens is 1570 g/mol. The van der Waals surface area contributed by atoms with E-state index in [0.29, 0.717) is 22.8 Å². The summed E-state index contributed by atoms with van der Waals surface area (Å²) < 4.78 is 0. The molecular formula is C96H102Cl5N17. The molecule has 0 aliphatic heterocycles. The Bertz CT molecular complexity index is 5710. The fraction of sp³-hybridized carbons (Fsp3) is 0.271. The average Bonchev–Trinajstić information content (AvgIpc) is 1.43. The number of rotatable bonds is 19. The highest BCUT2D eigenvalue weighted by Gasteiger charge is 2.39. The van der Waals surface area contributed by atoms with Gasteiger partial charge >= 0.3 is 0 Å². The van der Waals surface area contributed by atoms with Crippen LogP contribution >= 0.6 is 58.0 Å². The first-order valence-electron chi connectivity index (χ1n) is 40.0. The number of hydrogen-bond donors (Lipinski definition) is 7.